The second-order valence-electron chi connectivity index (χ2n) is 12.4. The summed E-state index contributed by atoms with van der Waals surface area (Å²) in [4.78, 5) is 16.8. The molecule has 1 saturated heterocycles. The molecule has 8 rings (SSSR count). The number of halogens is 1. The molecule has 41 heavy (non-hydrogen) atoms. The van der Waals surface area contributed by atoms with E-state index in [0.29, 0.717) is 5.92 Å². The topological polar surface area (TPSA) is 65.3 Å². The summed E-state index contributed by atoms with van der Waals surface area (Å²) in [5.41, 5.74) is 5.69. The highest BCUT2D eigenvalue weighted by molar-refractivity contribution is 7.13. The maximum Gasteiger partial charge on any atom is 0.224 e. The maximum absolute atomic E-state index is 6.64. The van der Waals surface area contributed by atoms with Crippen LogP contribution in [0.2, 0.25) is 5.28 Å². The molecule has 3 aromatic heterocycles. The first-order valence-corrected chi connectivity index (χ1v) is 16.0. The molecule has 0 bridgehead atoms. The Labute approximate surface area is 249 Å². The smallest absolute Gasteiger partial charge is 0.224 e. The third-order valence-corrected chi connectivity index (χ3v) is 10.2. The maximum atomic E-state index is 6.64. The van der Waals surface area contributed by atoms with Gasteiger partial charge in [-0.3, -0.25) is 4.90 Å². The SMILES string of the molecule is CC1(C)O[C@@H]2[C@H](O1)C(C1=CCCN(C3CC3)C1)C[C@H]2n1cc(-c2nc(Cc3ccccc3)cs2)c2cnc(Cl)nc21. The molecule has 1 unspecified atom stereocenters. The second kappa shape index (κ2) is 9.99. The van der Waals surface area contributed by atoms with E-state index in [4.69, 9.17) is 31.0 Å². The summed E-state index contributed by atoms with van der Waals surface area (Å²) in [6, 6.07) is 11.3. The van der Waals surface area contributed by atoms with E-state index in [0.717, 1.165) is 59.1 Å². The fourth-order valence-corrected chi connectivity index (χ4v) is 8.12. The first kappa shape index (κ1) is 26.0. The van der Waals surface area contributed by atoms with E-state index in [1.807, 2.05) is 26.1 Å². The molecular weight excluding hydrogens is 554 g/mol. The lowest BCUT2D eigenvalue weighted by molar-refractivity contribution is -0.158. The lowest BCUT2D eigenvalue weighted by atomic mass is 9.91. The van der Waals surface area contributed by atoms with Crippen molar-refractivity contribution in [1.82, 2.24) is 24.4 Å². The molecule has 5 heterocycles. The van der Waals surface area contributed by atoms with Gasteiger partial charge in [0.15, 0.2) is 5.79 Å². The third-order valence-electron chi connectivity index (χ3n) is 9.09. The van der Waals surface area contributed by atoms with Gasteiger partial charge in [0.25, 0.3) is 0 Å². The van der Waals surface area contributed by atoms with Gasteiger partial charge < -0.3 is 14.0 Å². The fourth-order valence-electron chi connectivity index (χ4n) is 7.15. The number of hydrogen-bond acceptors (Lipinski definition) is 7. The standard InChI is InChI=1S/C32H34ClN5O2S/c1-32(2)39-27-23(20-9-6-12-37(16-20)22-10-11-22)14-26(28(27)40-32)38-17-25(24-15-34-31(33)36-29(24)38)30-35-21(18-41-30)13-19-7-4-3-5-8-19/h3-5,7-9,15,17-18,22-23,26-28H,6,10-14,16H2,1-2H3/t23?,26-,27-,28+/m1/s1. The van der Waals surface area contributed by atoms with Gasteiger partial charge in [0.05, 0.1) is 17.8 Å². The van der Waals surface area contributed by atoms with Crippen LogP contribution in [-0.4, -0.2) is 61.5 Å². The minimum atomic E-state index is -0.627. The van der Waals surface area contributed by atoms with Crippen LogP contribution >= 0.6 is 22.9 Å². The summed E-state index contributed by atoms with van der Waals surface area (Å²) < 4.78 is 15.5. The van der Waals surface area contributed by atoms with E-state index in [-0.39, 0.29) is 23.5 Å². The Hall–Kier alpha value is -2.62. The number of rotatable bonds is 6. The predicted molar refractivity (Wildman–Crippen MR) is 161 cm³/mol. The molecule has 2 aliphatic carbocycles. The van der Waals surface area contributed by atoms with Crippen molar-refractivity contribution in [2.45, 2.75) is 76.0 Å². The Bertz CT molecular complexity index is 1630. The molecule has 4 aromatic rings. The van der Waals surface area contributed by atoms with Crippen molar-refractivity contribution in [3.8, 4) is 10.6 Å². The largest absolute Gasteiger partial charge is 0.344 e. The summed E-state index contributed by atoms with van der Waals surface area (Å²) in [5, 5.41) is 4.33. The van der Waals surface area contributed by atoms with Crippen LogP contribution in [0, 0.1) is 5.92 Å². The van der Waals surface area contributed by atoms with Crippen molar-refractivity contribution >= 4 is 34.0 Å². The molecule has 0 amide bonds. The number of hydrogen-bond donors (Lipinski definition) is 0. The fraction of sp³-hybridized carbons (Fsp3) is 0.469. The quantitative estimate of drug-likeness (QED) is 0.185. The molecule has 7 nitrogen and oxygen atoms in total. The average molecular weight is 588 g/mol. The van der Waals surface area contributed by atoms with Gasteiger partial charge in [-0.1, -0.05) is 42.0 Å². The zero-order valence-corrected chi connectivity index (χ0v) is 24.9. The van der Waals surface area contributed by atoms with Crippen LogP contribution in [0.4, 0.5) is 0 Å². The van der Waals surface area contributed by atoms with Crippen molar-refractivity contribution in [1.29, 1.82) is 0 Å². The number of nitrogens with zero attached hydrogens (tertiary/aromatic N) is 5. The van der Waals surface area contributed by atoms with Gasteiger partial charge in [-0.25, -0.2) is 9.97 Å². The molecule has 3 fully saturated rings. The average Bonchev–Trinajstić information content (AvgIpc) is 3.31. The van der Waals surface area contributed by atoms with Gasteiger partial charge in [-0.05, 0) is 56.7 Å². The highest BCUT2D eigenvalue weighted by Gasteiger charge is 2.56. The van der Waals surface area contributed by atoms with Crippen LogP contribution in [0.25, 0.3) is 21.6 Å². The summed E-state index contributed by atoms with van der Waals surface area (Å²) >= 11 is 8.05. The zero-order chi connectivity index (χ0) is 27.7. The van der Waals surface area contributed by atoms with Crippen LogP contribution in [-0.2, 0) is 15.9 Å². The number of aromatic nitrogens is 4. The van der Waals surface area contributed by atoms with Crippen molar-refractivity contribution in [2.75, 3.05) is 13.1 Å². The lowest BCUT2D eigenvalue weighted by Gasteiger charge is -2.32. The summed E-state index contributed by atoms with van der Waals surface area (Å²) in [5.74, 6) is -0.318. The van der Waals surface area contributed by atoms with Gasteiger partial charge >= 0.3 is 0 Å². The monoisotopic (exact) mass is 587 g/mol. The van der Waals surface area contributed by atoms with Crippen molar-refractivity contribution in [2.24, 2.45) is 5.92 Å². The molecule has 0 radical (unpaired) electrons. The molecule has 4 atom stereocenters. The Kier molecular flexibility index (Phi) is 6.34. The minimum Gasteiger partial charge on any atom is -0.344 e. The van der Waals surface area contributed by atoms with Crippen molar-refractivity contribution in [3.63, 3.8) is 0 Å². The van der Waals surface area contributed by atoms with Crippen molar-refractivity contribution in [3.05, 3.63) is 76.3 Å². The molecule has 0 N–H and O–H groups in total. The minimum absolute atomic E-state index is 0.0101. The van der Waals surface area contributed by atoms with Gasteiger partial charge in [0.2, 0.25) is 5.28 Å². The normalized spacial score (nSPS) is 27.8. The zero-order valence-electron chi connectivity index (χ0n) is 23.4. The summed E-state index contributed by atoms with van der Waals surface area (Å²) in [7, 11) is 0. The van der Waals surface area contributed by atoms with E-state index >= 15 is 0 Å². The van der Waals surface area contributed by atoms with Crippen LogP contribution in [0.3, 0.4) is 0 Å². The molecule has 2 saturated carbocycles. The second-order valence-corrected chi connectivity index (χ2v) is 13.6. The molecule has 0 spiro atoms. The Morgan fingerprint density at radius 3 is 2.76 bits per heavy atom. The van der Waals surface area contributed by atoms with E-state index in [9.17, 15) is 0 Å². The molecule has 4 aliphatic rings. The van der Waals surface area contributed by atoms with Crippen LogP contribution < -0.4 is 0 Å². The number of fused-ring (bicyclic) bond motifs is 2. The third kappa shape index (κ3) is 4.83. The van der Waals surface area contributed by atoms with Crippen LogP contribution in [0.15, 0.2) is 59.8 Å². The van der Waals surface area contributed by atoms with E-state index < -0.39 is 5.79 Å². The first-order valence-electron chi connectivity index (χ1n) is 14.7. The molecule has 1 aromatic carbocycles. The number of thiazole rings is 1. The Morgan fingerprint density at radius 2 is 1.93 bits per heavy atom. The first-order chi connectivity index (χ1) is 19.9. The Balaban J connectivity index is 1.16. The number of ether oxygens (including phenoxy) is 2. The lowest BCUT2D eigenvalue weighted by Crippen LogP contribution is -2.36. The Morgan fingerprint density at radius 1 is 1.10 bits per heavy atom. The summed E-state index contributed by atoms with van der Waals surface area (Å²) in [6.07, 6.45) is 12.0. The molecular formula is C32H34ClN5O2S. The van der Waals surface area contributed by atoms with Crippen LogP contribution in [0.1, 0.15) is 56.8 Å². The van der Waals surface area contributed by atoms with E-state index in [1.165, 1.54) is 30.5 Å². The van der Waals surface area contributed by atoms with E-state index in [2.05, 4.69) is 56.4 Å². The highest BCUT2D eigenvalue weighted by Crippen LogP contribution is 2.51. The predicted octanol–water partition coefficient (Wildman–Crippen LogP) is 6.67. The number of benzene rings is 1. The molecule has 9 heteroatoms. The van der Waals surface area contributed by atoms with Crippen LogP contribution in [0.5, 0.6) is 0 Å². The highest BCUT2D eigenvalue weighted by atomic mass is 35.5. The molecule has 212 valence electrons. The van der Waals surface area contributed by atoms with Crippen molar-refractivity contribution < 1.29 is 9.47 Å². The summed E-state index contributed by atoms with van der Waals surface area (Å²) in [6.45, 7) is 6.28. The van der Waals surface area contributed by atoms with Gasteiger partial charge in [-0.15, -0.1) is 11.3 Å². The van der Waals surface area contributed by atoms with Gasteiger partial charge in [0.1, 0.15) is 16.8 Å². The molecule has 2 aliphatic heterocycles. The van der Waals surface area contributed by atoms with Gasteiger partial charge in [0, 0.05) is 60.2 Å². The van der Waals surface area contributed by atoms with E-state index in [1.54, 1.807) is 11.3 Å². The van der Waals surface area contributed by atoms with Gasteiger partial charge in [-0.2, -0.15) is 4.98 Å².